The molecular formula is C20H33N3. The number of rotatable bonds is 5. The van der Waals surface area contributed by atoms with Crippen LogP contribution in [0.3, 0.4) is 0 Å². The summed E-state index contributed by atoms with van der Waals surface area (Å²) in [6.45, 7) is 3.52. The molecule has 1 atom stereocenters. The van der Waals surface area contributed by atoms with Crippen LogP contribution in [0, 0.1) is 5.41 Å². The Morgan fingerprint density at radius 3 is 2.35 bits per heavy atom. The highest BCUT2D eigenvalue weighted by Crippen LogP contribution is 2.43. The van der Waals surface area contributed by atoms with Gasteiger partial charge in [-0.05, 0) is 76.7 Å². The number of hydrogen-bond donors (Lipinski definition) is 2. The summed E-state index contributed by atoms with van der Waals surface area (Å²) >= 11 is 0. The van der Waals surface area contributed by atoms with Crippen LogP contribution in [-0.2, 0) is 0 Å². The van der Waals surface area contributed by atoms with Gasteiger partial charge < -0.3 is 15.5 Å². The van der Waals surface area contributed by atoms with Gasteiger partial charge in [-0.3, -0.25) is 0 Å². The van der Waals surface area contributed by atoms with E-state index < -0.39 is 0 Å². The fourth-order valence-corrected chi connectivity index (χ4v) is 4.44. The summed E-state index contributed by atoms with van der Waals surface area (Å²) in [5, 5.41) is 7.49. The van der Waals surface area contributed by atoms with Crippen molar-refractivity contribution in [2.45, 2.75) is 50.6 Å². The van der Waals surface area contributed by atoms with Crippen molar-refractivity contribution in [1.29, 1.82) is 0 Å². The molecule has 1 heterocycles. The van der Waals surface area contributed by atoms with E-state index in [0.717, 1.165) is 6.54 Å². The highest BCUT2D eigenvalue weighted by Gasteiger charge is 2.36. The average Bonchev–Trinajstić information content (AvgIpc) is 2.58. The fourth-order valence-electron chi connectivity index (χ4n) is 4.44. The minimum absolute atomic E-state index is 0.443. The summed E-state index contributed by atoms with van der Waals surface area (Å²) in [7, 11) is 4.34. The molecule has 0 radical (unpaired) electrons. The van der Waals surface area contributed by atoms with Crippen LogP contribution < -0.4 is 10.6 Å². The molecule has 1 spiro atoms. The van der Waals surface area contributed by atoms with Gasteiger partial charge in [-0.2, -0.15) is 0 Å². The quantitative estimate of drug-likeness (QED) is 0.874. The predicted molar refractivity (Wildman–Crippen MR) is 97.7 cm³/mol. The van der Waals surface area contributed by atoms with Gasteiger partial charge in [0.25, 0.3) is 0 Å². The molecule has 2 fully saturated rings. The van der Waals surface area contributed by atoms with Crippen LogP contribution in [0.2, 0.25) is 0 Å². The Kier molecular flexibility index (Phi) is 5.73. The van der Waals surface area contributed by atoms with Gasteiger partial charge in [0.15, 0.2) is 0 Å². The van der Waals surface area contributed by atoms with Crippen molar-refractivity contribution >= 4 is 0 Å². The Morgan fingerprint density at radius 2 is 1.74 bits per heavy atom. The second-order valence-corrected chi connectivity index (χ2v) is 7.92. The Hall–Kier alpha value is -0.900. The van der Waals surface area contributed by atoms with E-state index in [-0.39, 0.29) is 0 Å². The lowest BCUT2D eigenvalue weighted by molar-refractivity contribution is 0.110. The normalized spacial score (nSPS) is 23.3. The highest BCUT2D eigenvalue weighted by molar-refractivity contribution is 5.19. The number of benzene rings is 1. The molecule has 1 saturated heterocycles. The van der Waals surface area contributed by atoms with Crippen LogP contribution in [0.5, 0.6) is 0 Å². The molecule has 2 aliphatic rings. The Balaban J connectivity index is 1.58. The molecule has 1 aromatic rings. The van der Waals surface area contributed by atoms with Gasteiger partial charge in [0.05, 0.1) is 0 Å². The first kappa shape index (κ1) is 16.9. The van der Waals surface area contributed by atoms with Crippen molar-refractivity contribution in [3.63, 3.8) is 0 Å². The van der Waals surface area contributed by atoms with Crippen molar-refractivity contribution < 1.29 is 0 Å². The van der Waals surface area contributed by atoms with E-state index in [1.54, 1.807) is 0 Å². The summed E-state index contributed by atoms with van der Waals surface area (Å²) in [4.78, 5) is 2.29. The molecule has 2 N–H and O–H groups in total. The van der Waals surface area contributed by atoms with Gasteiger partial charge in [0.1, 0.15) is 0 Å². The van der Waals surface area contributed by atoms with Gasteiger partial charge in [-0.25, -0.2) is 0 Å². The lowest BCUT2D eigenvalue weighted by Gasteiger charge is -2.44. The summed E-state index contributed by atoms with van der Waals surface area (Å²) in [5.74, 6) is 0. The van der Waals surface area contributed by atoms with Gasteiger partial charge in [-0.1, -0.05) is 30.3 Å². The SMILES string of the molecule is CN(C)CC(NC1CCC2(CCNCC2)CC1)c1ccccc1. The first-order valence-electron chi connectivity index (χ1n) is 9.33. The molecule has 1 aliphatic heterocycles. The average molecular weight is 316 g/mol. The number of nitrogens with zero attached hydrogens (tertiary/aromatic N) is 1. The maximum atomic E-state index is 3.97. The zero-order chi connectivity index (χ0) is 16.1. The second-order valence-electron chi connectivity index (χ2n) is 7.92. The molecule has 0 bridgehead atoms. The van der Waals surface area contributed by atoms with Gasteiger partial charge in [-0.15, -0.1) is 0 Å². The maximum Gasteiger partial charge on any atom is 0.0451 e. The van der Waals surface area contributed by atoms with Crippen LogP contribution in [-0.4, -0.2) is 44.7 Å². The standard InChI is InChI=1S/C20H33N3/c1-23(2)16-19(17-6-4-3-5-7-17)22-18-8-10-20(11-9-18)12-14-21-15-13-20/h3-7,18-19,21-22H,8-16H2,1-2H3. The minimum Gasteiger partial charge on any atom is -0.317 e. The lowest BCUT2D eigenvalue weighted by atomic mass is 9.67. The van der Waals surface area contributed by atoms with Crippen molar-refractivity contribution in [1.82, 2.24) is 15.5 Å². The zero-order valence-electron chi connectivity index (χ0n) is 14.9. The molecule has 1 aliphatic carbocycles. The molecule has 3 rings (SSSR count). The second kappa shape index (κ2) is 7.78. The number of piperidine rings is 1. The Morgan fingerprint density at radius 1 is 1.09 bits per heavy atom. The zero-order valence-corrected chi connectivity index (χ0v) is 14.9. The van der Waals surface area contributed by atoms with E-state index in [1.165, 1.54) is 57.2 Å². The van der Waals surface area contributed by atoms with Gasteiger partial charge in [0, 0.05) is 18.6 Å². The number of nitrogens with one attached hydrogen (secondary N) is 2. The van der Waals surface area contributed by atoms with Gasteiger partial charge >= 0.3 is 0 Å². The van der Waals surface area contributed by atoms with E-state index in [9.17, 15) is 0 Å². The molecule has 3 nitrogen and oxygen atoms in total. The highest BCUT2D eigenvalue weighted by atomic mass is 15.1. The van der Waals surface area contributed by atoms with E-state index in [0.29, 0.717) is 17.5 Å². The fraction of sp³-hybridized carbons (Fsp3) is 0.700. The van der Waals surface area contributed by atoms with E-state index in [4.69, 9.17) is 0 Å². The Labute approximate surface area is 141 Å². The first-order valence-corrected chi connectivity index (χ1v) is 9.33. The monoisotopic (exact) mass is 315 g/mol. The molecule has 1 saturated carbocycles. The summed E-state index contributed by atoms with van der Waals surface area (Å²) < 4.78 is 0. The molecular weight excluding hydrogens is 282 g/mol. The molecule has 128 valence electrons. The maximum absolute atomic E-state index is 3.97. The van der Waals surface area contributed by atoms with E-state index >= 15 is 0 Å². The van der Waals surface area contributed by atoms with Gasteiger partial charge in [0.2, 0.25) is 0 Å². The Bertz CT molecular complexity index is 455. The molecule has 1 unspecified atom stereocenters. The number of hydrogen-bond acceptors (Lipinski definition) is 3. The molecule has 3 heteroatoms. The van der Waals surface area contributed by atoms with E-state index in [2.05, 4.69) is 60.0 Å². The van der Waals surface area contributed by atoms with Crippen LogP contribution in [0.15, 0.2) is 30.3 Å². The smallest absolute Gasteiger partial charge is 0.0451 e. The summed E-state index contributed by atoms with van der Waals surface area (Å²) in [6.07, 6.45) is 8.29. The third-order valence-corrected chi connectivity index (χ3v) is 5.90. The van der Waals surface area contributed by atoms with Crippen LogP contribution in [0.4, 0.5) is 0 Å². The van der Waals surface area contributed by atoms with E-state index in [1.807, 2.05) is 0 Å². The van der Waals surface area contributed by atoms with Crippen LogP contribution >= 0.6 is 0 Å². The predicted octanol–water partition coefficient (Wildman–Crippen LogP) is 3.19. The topological polar surface area (TPSA) is 27.3 Å². The summed E-state index contributed by atoms with van der Waals surface area (Å²) in [5.41, 5.74) is 2.08. The van der Waals surface area contributed by atoms with Crippen LogP contribution in [0.25, 0.3) is 0 Å². The molecule has 1 aromatic carbocycles. The lowest BCUT2D eigenvalue weighted by Crippen LogP contribution is -2.45. The van der Waals surface area contributed by atoms with Crippen molar-refractivity contribution in [3.8, 4) is 0 Å². The first-order chi connectivity index (χ1) is 11.2. The van der Waals surface area contributed by atoms with Crippen LogP contribution in [0.1, 0.15) is 50.1 Å². The van der Waals surface area contributed by atoms with Crippen molar-refractivity contribution in [3.05, 3.63) is 35.9 Å². The summed E-state index contributed by atoms with van der Waals surface area (Å²) in [6, 6.07) is 12.1. The third kappa shape index (κ3) is 4.56. The molecule has 0 amide bonds. The molecule has 0 aromatic heterocycles. The molecule has 23 heavy (non-hydrogen) atoms. The third-order valence-electron chi connectivity index (χ3n) is 5.90. The minimum atomic E-state index is 0.443. The largest absolute Gasteiger partial charge is 0.317 e. The number of likely N-dealkylation sites (N-methyl/N-ethyl adjacent to an activating group) is 1. The van der Waals surface area contributed by atoms with Crippen molar-refractivity contribution in [2.75, 3.05) is 33.7 Å². The van der Waals surface area contributed by atoms with Crippen molar-refractivity contribution in [2.24, 2.45) is 5.41 Å².